The highest BCUT2D eigenvalue weighted by Gasteiger charge is 2.17. The second-order valence-corrected chi connectivity index (χ2v) is 8.10. The number of aromatic carboxylic acids is 1. The summed E-state index contributed by atoms with van der Waals surface area (Å²) in [6.45, 7) is 2.07. The van der Waals surface area contributed by atoms with E-state index in [9.17, 15) is 18.3 Å². The van der Waals surface area contributed by atoms with Gasteiger partial charge in [-0.15, -0.1) is 0 Å². The van der Waals surface area contributed by atoms with Crippen LogP contribution in [0.3, 0.4) is 0 Å². The highest BCUT2D eigenvalue weighted by atomic mass is 32.2. The second-order valence-electron chi connectivity index (χ2n) is 6.33. The van der Waals surface area contributed by atoms with Gasteiger partial charge in [-0.05, 0) is 46.9 Å². The Morgan fingerprint density at radius 2 is 1.50 bits per heavy atom. The van der Waals surface area contributed by atoms with Gasteiger partial charge in [0, 0.05) is 6.54 Å². The first-order chi connectivity index (χ1) is 13.4. The zero-order valence-electron chi connectivity index (χ0n) is 15.4. The van der Waals surface area contributed by atoms with Crippen LogP contribution in [0.25, 0.3) is 11.1 Å². The van der Waals surface area contributed by atoms with E-state index in [0.717, 1.165) is 12.0 Å². The Labute approximate surface area is 164 Å². The van der Waals surface area contributed by atoms with Crippen LogP contribution in [0.15, 0.2) is 77.7 Å². The molecule has 0 aliphatic rings. The van der Waals surface area contributed by atoms with Gasteiger partial charge >= 0.3 is 5.97 Å². The predicted molar refractivity (Wildman–Crippen MR) is 109 cm³/mol. The predicted octanol–water partition coefficient (Wildman–Crippen LogP) is 4.09. The molecule has 3 aromatic carbocycles. The molecule has 5 nitrogen and oxygen atoms in total. The van der Waals surface area contributed by atoms with Gasteiger partial charge in [-0.25, -0.2) is 17.9 Å². The lowest BCUT2D eigenvalue weighted by Crippen LogP contribution is -2.23. The molecule has 0 bridgehead atoms. The summed E-state index contributed by atoms with van der Waals surface area (Å²) in [4.78, 5) is 11.8. The van der Waals surface area contributed by atoms with Crippen molar-refractivity contribution in [3.05, 3.63) is 89.5 Å². The third-order valence-electron chi connectivity index (χ3n) is 4.56. The molecule has 6 heteroatoms. The molecular weight excluding hydrogens is 374 g/mol. The Hall–Kier alpha value is -2.96. The first kappa shape index (κ1) is 19.8. The van der Waals surface area contributed by atoms with Gasteiger partial charge in [0.15, 0.2) is 0 Å². The van der Waals surface area contributed by atoms with Gasteiger partial charge in [0.25, 0.3) is 0 Å². The van der Waals surface area contributed by atoms with Crippen molar-refractivity contribution in [3.8, 4) is 11.1 Å². The van der Waals surface area contributed by atoms with Crippen molar-refractivity contribution < 1.29 is 18.3 Å². The fourth-order valence-corrected chi connectivity index (χ4v) is 4.01. The van der Waals surface area contributed by atoms with Crippen molar-refractivity contribution in [2.45, 2.75) is 24.8 Å². The monoisotopic (exact) mass is 395 g/mol. The molecule has 28 heavy (non-hydrogen) atoms. The molecular formula is C22H21NO4S. The Kier molecular flexibility index (Phi) is 5.92. The highest BCUT2D eigenvalue weighted by molar-refractivity contribution is 7.89. The molecule has 0 atom stereocenters. The summed E-state index contributed by atoms with van der Waals surface area (Å²) in [5.74, 6) is -1.03. The quantitative estimate of drug-likeness (QED) is 0.631. The molecule has 0 aliphatic carbocycles. The molecule has 0 aliphatic heterocycles. The third kappa shape index (κ3) is 4.30. The summed E-state index contributed by atoms with van der Waals surface area (Å²) in [6.07, 6.45) is 0.837. The average molecular weight is 395 g/mol. The van der Waals surface area contributed by atoms with E-state index in [2.05, 4.69) is 4.72 Å². The summed E-state index contributed by atoms with van der Waals surface area (Å²) in [6, 6.07) is 20.6. The number of carboxylic acids is 1. The summed E-state index contributed by atoms with van der Waals surface area (Å²) >= 11 is 0. The summed E-state index contributed by atoms with van der Waals surface area (Å²) in [5, 5.41) is 9.46. The lowest BCUT2D eigenvalue weighted by atomic mass is 9.95. The summed E-state index contributed by atoms with van der Waals surface area (Å²) < 4.78 is 27.9. The second kappa shape index (κ2) is 8.37. The molecule has 0 radical (unpaired) electrons. The summed E-state index contributed by atoms with van der Waals surface area (Å²) in [7, 11) is -3.68. The smallest absolute Gasteiger partial charge is 0.336 e. The van der Waals surface area contributed by atoms with Crippen LogP contribution in [0.5, 0.6) is 0 Å². The molecule has 3 rings (SSSR count). The minimum absolute atomic E-state index is 0.0575. The van der Waals surface area contributed by atoms with Gasteiger partial charge in [-0.3, -0.25) is 0 Å². The van der Waals surface area contributed by atoms with Gasteiger partial charge in [0.1, 0.15) is 0 Å². The Balaban J connectivity index is 1.89. The van der Waals surface area contributed by atoms with E-state index in [4.69, 9.17) is 0 Å². The first-order valence-corrected chi connectivity index (χ1v) is 10.4. The SMILES string of the molecule is CCc1ccc(S(=O)(=O)NCc2ccccc2-c2ccccc2C(=O)O)cc1. The van der Waals surface area contributed by atoms with Crippen LogP contribution < -0.4 is 4.72 Å². The average Bonchev–Trinajstić information content (AvgIpc) is 2.72. The van der Waals surface area contributed by atoms with E-state index in [1.54, 1.807) is 66.7 Å². The molecule has 0 heterocycles. The van der Waals surface area contributed by atoms with Crippen LogP contribution in [-0.2, 0) is 23.0 Å². The fourth-order valence-electron chi connectivity index (χ4n) is 3.00. The van der Waals surface area contributed by atoms with Crippen LogP contribution in [-0.4, -0.2) is 19.5 Å². The maximum Gasteiger partial charge on any atom is 0.336 e. The number of carboxylic acid groups (broad SMARTS) is 1. The van der Waals surface area contributed by atoms with Crippen molar-refractivity contribution in [1.82, 2.24) is 4.72 Å². The van der Waals surface area contributed by atoms with Crippen LogP contribution in [0.4, 0.5) is 0 Å². The maximum atomic E-state index is 12.6. The zero-order valence-corrected chi connectivity index (χ0v) is 16.2. The number of carbonyl (C=O) groups is 1. The van der Waals surface area contributed by atoms with Crippen molar-refractivity contribution >= 4 is 16.0 Å². The lowest BCUT2D eigenvalue weighted by molar-refractivity contribution is 0.0697. The van der Waals surface area contributed by atoms with Gasteiger partial charge in [0.2, 0.25) is 10.0 Å². The number of aryl methyl sites for hydroxylation is 1. The van der Waals surface area contributed by atoms with Crippen LogP contribution in [0.1, 0.15) is 28.4 Å². The van der Waals surface area contributed by atoms with E-state index >= 15 is 0 Å². The van der Waals surface area contributed by atoms with Crippen molar-refractivity contribution in [2.75, 3.05) is 0 Å². The number of nitrogens with one attached hydrogen (secondary N) is 1. The Bertz CT molecular complexity index is 1090. The van der Waals surface area contributed by atoms with Gasteiger partial charge < -0.3 is 5.11 Å². The number of sulfonamides is 1. The number of hydrogen-bond acceptors (Lipinski definition) is 3. The fraction of sp³-hybridized carbons (Fsp3) is 0.136. The summed E-state index contributed by atoms with van der Waals surface area (Å²) in [5.41, 5.74) is 3.18. The molecule has 0 unspecified atom stereocenters. The topological polar surface area (TPSA) is 83.5 Å². The first-order valence-electron chi connectivity index (χ1n) is 8.91. The largest absolute Gasteiger partial charge is 0.478 e. The molecule has 144 valence electrons. The minimum Gasteiger partial charge on any atom is -0.478 e. The Morgan fingerprint density at radius 1 is 0.893 bits per heavy atom. The van der Waals surface area contributed by atoms with Crippen LogP contribution >= 0.6 is 0 Å². The normalized spacial score (nSPS) is 11.3. The van der Waals surface area contributed by atoms with Crippen LogP contribution in [0.2, 0.25) is 0 Å². The van der Waals surface area contributed by atoms with E-state index in [1.165, 1.54) is 6.07 Å². The van der Waals surface area contributed by atoms with E-state index in [-0.39, 0.29) is 17.0 Å². The molecule has 2 N–H and O–H groups in total. The van der Waals surface area contributed by atoms with Gasteiger partial charge in [-0.1, -0.05) is 61.5 Å². The number of rotatable bonds is 7. The van der Waals surface area contributed by atoms with Crippen LogP contribution in [0, 0.1) is 0 Å². The number of hydrogen-bond donors (Lipinski definition) is 2. The van der Waals surface area contributed by atoms with Crippen molar-refractivity contribution in [3.63, 3.8) is 0 Å². The van der Waals surface area contributed by atoms with E-state index in [0.29, 0.717) is 16.7 Å². The van der Waals surface area contributed by atoms with E-state index in [1.807, 2.05) is 6.92 Å². The van der Waals surface area contributed by atoms with Gasteiger partial charge in [-0.2, -0.15) is 0 Å². The third-order valence-corrected chi connectivity index (χ3v) is 5.98. The van der Waals surface area contributed by atoms with Crippen molar-refractivity contribution in [1.29, 1.82) is 0 Å². The van der Waals surface area contributed by atoms with Gasteiger partial charge in [0.05, 0.1) is 10.5 Å². The standard InChI is InChI=1S/C22H21NO4S/c1-2-16-11-13-18(14-12-16)28(26,27)23-15-17-7-3-4-8-19(17)20-9-5-6-10-21(20)22(24)25/h3-14,23H,2,15H2,1H3,(H,24,25). The van der Waals surface area contributed by atoms with E-state index < -0.39 is 16.0 Å². The highest BCUT2D eigenvalue weighted by Crippen LogP contribution is 2.27. The molecule has 3 aromatic rings. The number of benzene rings is 3. The molecule has 0 fully saturated rings. The van der Waals surface area contributed by atoms with Crippen molar-refractivity contribution in [2.24, 2.45) is 0 Å². The molecule has 0 saturated carbocycles. The molecule has 0 amide bonds. The zero-order chi connectivity index (χ0) is 20.1. The molecule has 0 saturated heterocycles. The molecule has 0 spiro atoms. The maximum absolute atomic E-state index is 12.6. The molecule has 0 aromatic heterocycles. The lowest BCUT2D eigenvalue weighted by Gasteiger charge is -2.13. The Morgan fingerprint density at radius 3 is 2.14 bits per heavy atom. The minimum atomic E-state index is -3.68.